The summed E-state index contributed by atoms with van der Waals surface area (Å²) in [5.74, 6) is 1.54. The van der Waals surface area contributed by atoms with Gasteiger partial charge in [-0.2, -0.15) is 0 Å². The molecule has 0 spiro atoms. The van der Waals surface area contributed by atoms with Crippen LogP contribution in [0.5, 0.6) is 11.5 Å². The average molecular weight is 411 g/mol. The van der Waals surface area contributed by atoms with Gasteiger partial charge in [-0.05, 0) is 48.7 Å². The molecular formula is C23H30N4O3. The third-order valence-corrected chi connectivity index (χ3v) is 5.57. The van der Waals surface area contributed by atoms with Crippen molar-refractivity contribution in [3.8, 4) is 11.5 Å². The molecule has 0 saturated heterocycles. The number of hydrogen-bond acceptors (Lipinski definition) is 5. The van der Waals surface area contributed by atoms with E-state index in [1.54, 1.807) is 25.3 Å². The Morgan fingerprint density at radius 3 is 2.43 bits per heavy atom. The van der Waals surface area contributed by atoms with Crippen molar-refractivity contribution in [1.82, 2.24) is 16.1 Å². The molecule has 7 heteroatoms. The third kappa shape index (κ3) is 4.52. The summed E-state index contributed by atoms with van der Waals surface area (Å²) in [6, 6.07) is 14.2. The van der Waals surface area contributed by atoms with Gasteiger partial charge in [0.1, 0.15) is 17.3 Å². The largest absolute Gasteiger partial charge is 0.508 e. The van der Waals surface area contributed by atoms with Crippen molar-refractivity contribution >= 4 is 11.7 Å². The van der Waals surface area contributed by atoms with Crippen molar-refractivity contribution in [2.24, 2.45) is 5.41 Å². The molecule has 2 aromatic carbocycles. The molecule has 160 valence electrons. The summed E-state index contributed by atoms with van der Waals surface area (Å²) in [5, 5.41) is 17.5. The summed E-state index contributed by atoms with van der Waals surface area (Å²) in [4.78, 5) is 12.6. The fourth-order valence-electron chi connectivity index (χ4n) is 3.07. The maximum Gasteiger partial charge on any atom is 0.320 e. The van der Waals surface area contributed by atoms with Crippen LogP contribution in [-0.4, -0.2) is 23.8 Å². The molecule has 2 amide bonds. The van der Waals surface area contributed by atoms with Crippen molar-refractivity contribution in [1.29, 1.82) is 0 Å². The van der Waals surface area contributed by atoms with E-state index in [2.05, 4.69) is 43.8 Å². The molecule has 0 fully saturated rings. The van der Waals surface area contributed by atoms with Crippen LogP contribution < -0.4 is 25.8 Å². The number of ether oxygens (including phenoxy) is 1. The van der Waals surface area contributed by atoms with Crippen LogP contribution in [-0.2, 0) is 6.54 Å². The standard InChI is InChI=1S/C23H30N4O3/c1-22(2,3)23(4)14-20(27(26-23)17-10-12-18(30-5)13-11-17)25-21(29)24-15-16-8-6-7-9-19(16)28/h6-14,26,28H,15H2,1-5H3,(H2,24,25,29). The smallest absolute Gasteiger partial charge is 0.320 e. The number of methoxy groups -OCH3 is 1. The lowest BCUT2D eigenvalue weighted by molar-refractivity contribution is 0.220. The number of urea groups is 1. The number of aromatic hydroxyl groups is 1. The maximum absolute atomic E-state index is 12.6. The predicted octanol–water partition coefficient (Wildman–Crippen LogP) is 3.87. The highest BCUT2D eigenvalue weighted by Gasteiger charge is 2.43. The van der Waals surface area contributed by atoms with E-state index < -0.39 is 0 Å². The number of benzene rings is 2. The SMILES string of the molecule is COc1ccc(N2NC(C)(C(C)(C)C)C=C2NC(=O)NCc2ccccc2O)cc1. The Labute approximate surface area is 177 Å². The van der Waals surface area contributed by atoms with E-state index in [1.807, 2.05) is 41.4 Å². The summed E-state index contributed by atoms with van der Waals surface area (Å²) >= 11 is 0. The molecule has 3 rings (SSSR count). The Bertz CT molecular complexity index is 934. The Morgan fingerprint density at radius 1 is 1.17 bits per heavy atom. The number of anilines is 1. The second kappa shape index (κ2) is 8.28. The van der Waals surface area contributed by atoms with Gasteiger partial charge in [0.05, 0.1) is 18.3 Å². The van der Waals surface area contributed by atoms with Crippen LogP contribution in [0.4, 0.5) is 10.5 Å². The summed E-state index contributed by atoms with van der Waals surface area (Å²) in [5.41, 5.74) is 4.55. The van der Waals surface area contributed by atoms with Gasteiger partial charge in [0.15, 0.2) is 0 Å². The topological polar surface area (TPSA) is 85.9 Å². The molecule has 1 aliphatic rings. The highest BCUT2D eigenvalue weighted by Crippen LogP contribution is 2.38. The van der Waals surface area contributed by atoms with E-state index in [0.29, 0.717) is 11.4 Å². The van der Waals surface area contributed by atoms with Crippen molar-refractivity contribution in [2.75, 3.05) is 12.1 Å². The fourth-order valence-corrected chi connectivity index (χ4v) is 3.07. The van der Waals surface area contributed by atoms with Gasteiger partial charge in [-0.1, -0.05) is 39.0 Å². The van der Waals surface area contributed by atoms with Crippen molar-refractivity contribution < 1.29 is 14.6 Å². The summed E-state index contributed by atoms with van der Waals surface area (Å²) < 4.78 is 5.25. The molecule has 0 saturated carbocycles. The van der Waals surface area contributed by atoms with Crippen LogP contribution in [0.25, 0.3) is 0 Å². The van der Waals surface area contributed by atoms with Gasteiger partial charge < -0.3 is 15.2 Å². The molecule has 4 N–H and O–H groups in total. The van der Waals surface area contributed by atoms with E-state index >= 15 is 0 Å². The number of phenolic OH excluding ortho intramolecular Hbond substituents is 1. The minimum Gasteiger partial charge on any atom is -0.508 e. The number of hydrogen-bond donors (Lipinski definition) is 4. The Balaban J connectivity index is 1.79. The van der Waals surface area contributed by atoms with Gasteiger partial charge >= 0.3 is 6.03 Å². The first-order chi connectivity index (χ1) is 14.1. The van der Waals surface area contributed by atoms with Gasteiger partial charge in [-0.3, -0.25) is 10.3 Å². The quantitative estimate of drug-likeness (QED) is 0.601. The van der Waals surface area contributed by atoms with Crippen LogP contribution in [0.15, 0.2) is 60.4 Å². The first kappa shape index (κ1) is 21.5. The van der Waals surface area contributed by atoms with E-state index in [-0.39, 0.29) is 29.3 Å². The minimum atomic E-state index is -0.382. The molecular weight excluding hydrogens is 380 g/mol. The lowest BCUT2D eigenvalue weighted by Crippen LogP contribution is -2.54. The normalized spacial score (nSPS) is 18.7. The number of amides is 2. The van der Waals surface area contributed by atoms with Gasteiger partial charge in [0, 0.05) is 12.1 Å². The lowest BCUT2D eigenvalue weighted by Gasteiger charge is -2.38. The summed E-state index contributed by atoms with van der Waals surface area (Å²) in [7, 11) is 1.63. The number of phenols is 1. The van der Waals surface area contributed by atoms with Crippen LogP contribution in [0.2, 0.25) is 0 Å². The van der Waals surface area contributed by atoms with E-state index in [0.717, 1.165) is 11.4 Å². The fraction of sp³-hybridized carbons (Fsp3) is 0.348. The molecule has 2 aromatic rings. The number of nitrogens with zero attached hydrogens (tertiary/aromatic N) is 1. The maximum atomic E-state index is 12.6. The number of para-hydroxylation sites is 1. The van der Waals surface area contributed by atoms with E-state index in [1.165, 1.54) is 0 Å². The first-order valence-electron chi connectivity index (χ1n) is 9.89. The lowest BCUT2D eigenvalue weighted by atomic mass is 9.76. The summed E-state index contributed by atoms with van der Waals surface area (Å²) in [6.45, 7) is 8.74. The molecule has 1 heterocycles. The highest BCUT2D eigenvalue weighted by atomic mass is 16.5. The van der Waals surface area contributed by atoms with E-state index in [9.17, 15) is 9.90 Å². The van der Waals surface area contributed by atoms with Crippen LogP contribution in [0, 0.1) is 5.41 Å². The zero-order chi connectivity index (χ0) is 21.9. The number of carbonyl (C=O) groups excluding carboxylic acids is 1. The highest BCUT2D eigenvalue weighted by molar-refractivity contribution is 5.77. The Hall–Kier alpha value is -3.19. The minimum absolute atomic E-state index is 0.104. The number of hydrazine groups is 1. The predicted molar refractivity (Wildman–Crippen MR) is 118 cm³/mol. The molecule has 0 aliphatic carbocycles. The van der Waals surface area contributed by atoms with Gasteiger partial charge in [0.2, 0.25) is 0 Å². The Kier molecular flexibility index (Phi) is 5.94. The molecule has 0 radical (unpaired) electrons. The van der Waals surface area contributed by atoms with Crippen LogP contribution >= 0.6 is 0 Å². The molecule has 30 heavy (non-hydrogen) atoms. The van der Waals surface area contributed by atoms with Crippen LogP contribution in [0.1, 0.15) is 33.3 Å². The zero-order valence-corrected chi connectivity index (χ0v) is 18.1. The van der Waals surface area contributed by atoms with Crippen molar-refractivity contribution in [3.05, 3.63) is 66.0 Å². The second-order valence-electron chi connectivity index (χ2n) is 8.56. The average Bonchev–Trinajstić information content (AvgIpc) is 3.05. The number of rotatable bonds is 5. The van der Waals surface area contributed by atoms with Crippen LogP contribution in [0.3, 0.4) is 0 Å². The molecule has 1 unspecified atom stereocenters. The number of carbonyl (C=O) groups is 1. The van der Waals surface area contributed by atoms with Crippen molar-refractivity contribution in [2.45, 2.75) is 39.8 Å². The summed E-state index contributed by atoms with van der Waals surface area (Å²) in [6.07, 6.45) is 2.02. The zero-order valence-electron chi connectivity index (χ0n) is 18.1. The number of nitrogens with one attached hydrogen (secondary N) is 3. The third-order valence-electron chi connectivity index (χ3n) is 5.57. The molecule has 7 nitrogen and oxygen atoms in total. The molecule has 1 aliphatic heterocycles. The first-order valence-corrected chi connectivity index (χ1v) is 9.89. The van der Waals surface area contributed by atoms with Gasteiger partial charge in [-0.15, -0.1) is 0 Å². The molecule has 0 bridgehead atoms. The monoisotopic (exact) mass is 410 g/mol. The van der Waals surface area contributed by atoms with Crippen molar-refractivity contribution in [3.63, 3.8) is 0 Å². The molecule has 1 atom stereocenters. The molecule has 0 aromatic heterocycles. The van der Waals surface area contributed by atoms with Gasteiger partial charge in [-0.25, -0.2) is 10.2 Å². The van der Waals surface area contributed by atoms with E-state index in [4.69, 9.17) is 4.74 Å². The second-order valence-corrected chi connectivity index (χ2v) is 8.56. The van der Waals surface area contributed by atoms with Gasteiger partial charge in [0.25, 0.3) is 0 Å². The Morgan fingerprint density at radius 2 is 1.83 bits per heavy atom.